The number of nitrogens with two attached hydrogens (primary N) is 1. The van der Waals surface area contributed by atoms with Gasteiger partial charge in [-0.05, 0) is 41.6 Å². The van der Waals surface area contributed by atoms with Gasteiger partial charge in [0.15, 0.2) is 4.60 Å². The molecular weight excluding hydrogens is 362 g/mol. The zero-order valence-corrected chi connectivity index (χ0v) is 14.2. The third-order valence-electron chi connectivity index (χ3n) is 3.46. The van der Waals surface area contributed by atoms with Gasteiger partial charge in [-0.25, -0.2) is 17.8 Å². The number of halogens is 1. The van der Waals surface area contributed by atoms with Crippen LogP contribution in [0, 0.1) is 0 Å². The van der Waals surface area contributed by atoms with Crippen molar-refractivity contribution in [1.82, 2.24) is 19.7 Å². The van der Waals surface area contributed by atoms with Gasteiger partial charge in [0.25, 0.3) is 10.0 Å². The Kier molecular flexibility index (Phi) is 5.72. The number of nitrogens with one attached hydrogen (secondary N) is 1. The Labute approximate surface area is 132 Å². The van der Waals surface area contributed by atoms with E-state index in [1.807, 2.05) is 0 Å². The number of rotatable bonds is 6. The summed E-state index contributed by atoms with van der Waals surface area (Å²) in [7, 11) is -2.13. The second-order valence-corrected chi connectivity index (χ2v) is 7.55. The van der Waals surface area contributed by atoms with Crippen LogP contribution in [-0.2, 0) is 21.8 Å². The van der Waals surface area contributed by atoms with Crippen molar-refractivity contribution in [3.63, 3.8) is 0 Å². The van der Waals surface area contributed by atoms with Crippen molar-refractivity contribution in [3.8, 4) is 0 Å². The van der Waals surface area contributed by atoms with Crippen LogP contribution in [0.2, 0.25) is 0 Å². The van der Waals surface area contributed by atoms with Crippen molar-refractivity contribution >= 4 is 26.0 Å². The zero-order valence-electron chi connectivity index (χ0n) is 11.8. The minimum atomic E-state index is -3.65. The lowest BCUT2D eigenvalue weighted by Gasteiger charge is -2.26. The largest absolute Gasteiger partial charge is 0.377 e. The van der Waals surface area contributed by atoms with Crippen LogP contribution in [0.3, 0.4) is 0 Å². The van der Waals surface area contributed by atoms with Gasteiger partial charge in [-0.1, -0.05) is 5.21 Å². The lowest BCUT2D eigenvalue weighted by Crippen LogP contribution is -2.33. The van der Waals surface area contributed by atoms with Crippen LogP contribution in [-0.4, -0.2) is 48.7 Å². The van der Waals surface area contributed by atoms with Crippen LogP contribution in [0.4, 0.5) is 0 Å². The van der Waals surface area contributed by atoms with Gasteiger partial charge in [0.2, 0.25) is 5.03 Å². The maximum Gasteiger partial charge on any atom is 0.260 e. The molecule has 1 saturated carbocycles. The third kappa shape index (κ3) is 4.46. The van der Waals surface area contributed by atoms with Gasteiger partial charge in [-0.3, -0.25) is 0 Å². The molecule has 1 heterocycles. The first-order valence-electron chi connectivity index (χ1n) is 6.82. The molecule has 1 aliphatic carbocycles. The van der Waals surface area contributed by atoms with Crippen LogP contribution >= 0.6 is 15.9 Å². The molecule has 3 N–H and O–H groups in total. The highest BCUT2D eigenvalue weighted by atomic mass is 79.9. The molecule has 1 aromatic rings. The van der Waals surface area contributed by atoms with Gasteiger partial charge in [-0.15, -0.1) is 5.10 Å². The summed E-state index contributed by atoms with van der Waals surface area (Å²) in [6, 6.07) is 0.276. The number of hydrogen-bond acceptors (Lipinski definition) is 6. The molecule has 0 radical (unpaired) electrons. The maximum absolute atomic E-state index is 12.1. The molecule has 0 aromatic carbocycles. The molecule has 120 valence electrons. The molecule has 8 nitrogen and oxygen atoms in total. The van der Waals surface area contributed by atoms with Gasteiger partial charge < -0.3 is 10.5 Å². The topological polar surface area (TPSA) is 112 Å². The van der Waals surface area contributed by atoms with Gasteiger partial charge in [0.05, 0.1) is 12.7 Å². The summed E-state index contributed by atoms with van der Waals surface area (Å²) in [5, 5.41) is 7.31. The van der Waals surface area contributed by atoms with E-state index in [9.17, 15) is 8.42 Å². The average Bonchev–Trinajstić information content (AvgIpc) is 2.77. The SMILES string of the molecule is Cn1nnc(Br)c1S(=O)(=O)NCCOC1CCC(N)CC1. The second kappa shape index (κ2) is 7.14. The Bertz CT molecular complexity index is 549. The molecule has 1 aliphatic rings. The normalized spacial score (nSPS) is 23.4. The first kappa shape index (κ1) is 16.8. The smallest absolute Gasteiger partial charge is 0.260 e. The second-order valence-electron chi connectivity index (χ2n) is 5.11. The molecular formula is C11H20BrN5O3S. The highest BCUT2D eigenvalue weighted by molar-refractivity contribution is 9.10. The predicted molar refractivity (Wildman–Crippen MR) is 80.1 cm³/mol. The van der Waals surface area contributed by atoms with E-state index in [0.717, 1.165) is 25.7 Å². The molecule has 0 amide bonds. The lowest BCUT2D eigenvalue weighted by molar-refractivity contribution is 0.0287. The fourth-order valence-electron chi connectivity index (χ4n) is 2.33. The molecule has 0 spiro atoms. The van der Waals surface area contributed by atoms with E-state index in [2.05, 4.69) is 31.0 Å². The average molecular weight is 382 g/mol. The Balaban J connectivity index is 1.78. The molecule has 21 heavy (non-hydrogen) atoms. The first-order chi connectivity index (χ1) is 9.90. The summed E-state index contributed by atoms with van der Waals surface area (Å²) in [4.78, 5) is 0. The summed E-state index contributed by atoms with van der Waals surface area (Å²) in [6.07, 6.45) is 3.98. The Hall–Kier alpha value is -0.550. The van der Waals surface area contributed by atoms with Crippen molar-refractivity contribution < 1.29 is 13.2 Å². The number of ether oxygens (including phenoxy) is 1. The number of aryl methyl sites for hydroxylation is 1. The minimum absolute atomic E-state index is 0.00569. The third-order valence-corrected chi connectivity index (χ3v) is 5.81. The first-order valence-corrected chi connectivity index (χ1v) is 9.10. The summed E-state index contributed by atoms with van der Waals surface area (Å²) < 4.78 is 33.8. The molecule has 0 bridgehead atoms. The highest BCUT2D eigenvalue weighted by Crippen LogP contribution is 2.20. The van der Waals surface area contributed by atoms with Crippen molar-refractivity contribution in [3.05, 3.63) is 4.60 Å². The van der Waals surface area contributed by atoms with Gasteiger partial charge >= 0.3 is 0 Å². The lowest BCUT2D eigenvalue weighted by atomic mass is 9.94. The maximum atomic E-state index is 12.1. The molecule has 0 atom stereocenters. The molecule has 0 unspecified atom stereocenters. The van der Waals surface area contributed by atoms with E-state index in [1.54, 1.807) is 0 Å². The summed E-state index contributed by atoms with van der Waals surface area (Å²) in [5.74, 6) is 0. The van der Waals surface area contributed by atoms with E-state index in [1.165, 1.54) is 11.7 Å². The molecule has 1 aromatic heterocycles. The van der Waals surface area contributed by atoms with Crippen molar-refractivity contribution in [2.45, 2.75) is 42.9 Å². The van der Waals surface area contributed by atoms with E-state index in [0.29, 0.717) is 6.61 Å². The van der Waals surface area contributed by atoms with Gasteiger partial charge in [-0.2, -0.15) is 0 Å². The molecule has 0 aliphatic heterocycles. The van der Waals surface area contributed by atoms with Crippen molar-refractivity contribution in [1.29, 1.82) is 0 Å². The fraction of sp³-hybridized carbons (Fsp3) is 0.818. The Morgan fingerprint density at radius 3 is 2.67 bits per heavy atom. The molecule has 2 rings (SSSR count). The monoisotopic (exact) mass is 381 g/mol. The fourth-order valence-corrected chi connectivity index (χ4v) is 4.44. The summed E-state index contributed by atoms with van der Waals surface area (Å²) in [6.45, 7) is 0.546. The van der Waals surface area contributed by atoms with Gasteiger partial charge in [0.1, 0.15) is 0 Å². The van der Waals surface area contributed by atoms with E-state index in [4.69, 9.17) is 10.5 Å². The summed E-state index contributed by atoms with van der Waals surface area (Å²) in [5.41, 5.74) is 5.83. The van der Waals surface area contributed by atoms with E-state index >= 15 is 0 Å². The van der Waals surface area contributed by atoms with E-state index < -0.39 is 10.0 Å². The quantitative estimate of drug-likeness (QED) is 0.677. The predicted octanol–water partition coefficient (Wildman–Crippen LogP) is 0.142. The number of nitrogens with zero attached hydrogens (tertiary/aromatic N) is 3. The Morgan fingerprint density at radius 2 is 2.10 bits per heavy atom. The van der Waals surface area contributed by atoms with Gasteiger partial charge in [0, 0.05) is 19.6 Å². The standard InChI is InChI=1S/C11H20BrN5O3S/c1-17-11(10(12)15-16-17)21(18,19)14-6-7-20-9-4-2-8(13)3-5-9/h8-9,14H,2-7,13H2,1H3. The van der Waals surface area contributed by atoms with Crippen LogP contribution < -0.4 is 10.5 Å². The van der Waals surface area contributed by atoms with E-state index in [-0.39, 0.29) is 28.3 Å². The number of aromatic nitrogens is 3. The Morgan fingerprint density at radius 1 is 1.43 bits per heavy atom. The van der Waals surface area contributed by atoms with Crippen LogP contribution in [0.15, 0.2) is 9.63 Å². The minimum Gasteiger partial charge on any atom is -0.377 e. The van der Waals surface area contributed by atoms with Crippen LogP contribution in [0.1, 0.15) is 25.7 Å². The highest BCUT2D eigenvalue weighted by Gasteiger charge is 2.24. The van der Waals surface area contributed by atoms with Crippen LogP contribution in [0.5, 0.6) is 0 Å². The zero-order chi connectivity index (χ0) is 15.5. The number of hydrogen-bond donors (Lipinski definition) is 2. The van der Waals surface area contributed by atoms with Crippen molar-refractivity contribution in [2.75, 3.05) is 13.2 Å². The van der Waals surface area contributed by atoms with Crippen LogP contribution in [0.25, 0.3) is 0 Å². The van der Waals surface area contributed by atoms with Crippen molar-refractivity contribution in [2.24, 2.45) is 12.8 Å². The summed E-state index contributed by atoms with van der Waals surface area (Å²) >= 11 is 3.07. The molecule has 0 saturated heterocycles. The molecule has 10 heteroatoms. The molecule has 1 fully saturated rings. The number of sulfonamides is 1.